The molecule has 3 aliphatic heterocycles. The summed E-state index contributed by atoms with van der Waals surface area (Å²) in [6.45, 7) is 1.44. The van der Waals surface area contributed by atoms with Crippen LogP contribution in [0, 0.1) is 0 Å². The molecule has 3 aliphatic rings. The van der Waals surface area contributed by atoms with Crippen LogP contribution in [0.3, 0.4) is 0 Å². The van der Waals surface area contributed by atoms with E-state index in [0.717, 1.165) is 96.3 Å². The largest absolute Gasteiger partial charge is 0.394 e. The van der Waals surface area contributed by atoms with E-state index in [1.165, 1.54) is 32.1 Å². The van der Waals surface area contributed by atoms with Crippen LogP contribution in [0.25, 0.3) is 0 Å². The van der Waals surface area contributed by atoms with Gasteiger partial charge in [-0.15, -0.1) is 0 Å². The number of nitrogens with one attached hydrogen (secondary N) is 1. The fraction of sp³-hybridized carbons (Fsp3) is 0.750. The van der Waals surface area contributed by atoms with Crippen LogP contribution < -0.4 is 5.32 Å². The highest BCUT2D eigenvalue weighted by Crippen LogP contribution is 2.33. The van der Waals surface area contributed by atoms with Crippen molar-refractivity contribution in [1.29, 1.82) is 0 Å². The maximum Gasteiger partial charge on any atom is 0.220 e. The first kappa shape index (κ1) is 70.2. The lowest BCUT2D eigenvalue weighted by molar-refractivity contribution is -0.379. The average Bonchev–Trinajstić information content (AvgIpc) is 3.48. The molecule has 12 N–H and O–H groups in total. The Morgan fingerprint density at radius 2 is 0.873 bits per heavy atom. The van der Waals surface area contributed by atoms with Crippen molar-refractivity contribution < 1.29 is 89.4 Å². The lowest BCUT2D eigenvalue weighted by Gasteiger charge is -2.48. The molecule has 0 aromatic heterocycles. The van der Waals surface area contributed by atoms with E-state index in [4.69, 9.17) is 28.4 Å². The van der Waals surface area contributed by atoms with Crippen molar-refractivity contribution in [2.24, 2.45) is 0 Å². The number of carbonyl (C=O) groups excluding carboxylic acids is 1. The SMILES string of the molecule is CC/C=C\C/C=C\C/C=C\C/C=C\C/C=C\C/C=C\CCCCCCCCCCCCC(=O)NC(COC1OC(CO)C(OC2OC(CO)C(OC3OC(CO)C(O)C(O)C3O)C(O)C2O)C(O)C1O)C(O)/C=C/CCCCC. The third kappa shape index (κ3) is 26.8. The topological polar surface area (TPSA) is 307 Å². The molecular weight excluding hydrogens is 1020 g/mol. The van der Waals surface area contributed by atoms with E-state index in [1.54, 1.807) is 6.08 Å². The van der Waals surface area contributed by atoms with Crippen molar-refractivity contribution >= 4 is 5.91 Å². The van der Waals surface area contributed by atoms with Gasteiger partial charge in [0.1, 0.15) is 73.2 Å². The summed E-state index contributed by atoms with van der Waals surface area (Å²) in [6.07, 6.45) is 25.1. The number of carbonyl (C=O) groups is 1. The van der Waals surface area contributed by atoms with Gasteiger partial charge in [-0.3, -0.25) is 4.79 Å². The van der Waals surface area contributed by atoms with E-state index in [9.17, 15) is 61.0 Å². The molecule has 1 amide bonds. The van der Waals surface area contributed by atoms with Crippen LogP contribution in [0.5, 0.6) is 0 Å². The minimum absolute atomic E-state index is 0.231. The maximum atomic E-state index is 13.2. The zero-order valence-electron chi connectivity index (χ0n) is 47.1. The van der Waals surface area contributed by atoms with E-state index in [1.807, 2.05) is 6.08 Å². The molecule has 3 fully saturated rings. The van der Waals surface area contributed by atoms with E-state index in [2.05, 4.69) is 92.1 Å². The number of aliphatic hydroxyl groups is 11. The second-order valence-corrected chi connectivity index (χ2v) is 20.7. The molecule has 19 nitrogen and oxygen atoms in total. The third-order valence-corrected chi connectivity index (χ3v) is 14.2. The van der Waals surface area contributed by atoms with Crippen LogP contribution in [0.1, 0.15) is 155 Å². The lowest BCUT2D eigenvalue weighted by Crippen LogP contribution is -2.66. The van der Waals surface area contributed by atoms with Gasteiger partial charge in [-0.05, 0) is 70.6 Å². The van der Waals surface area contributed by atoms with Crippen LogP contribution in [-0.2, 0) is 33.2 Å². The van der Waals surface area contributed by atoms with Gasteiger partial charge >= 0.3 is 0 Å². The molecule has 3 saturated heterocycles. The third-order valence-electron chi connectivity index (χ3n) is 14.2. The van der Waals surface area contributed by atoms with Crippen molar-refractivity contribution in [2.45, 2.75) is 259 Å². The first-order chi connectivity index (χ1) is 38.3. The second kappa shape index (κ2) is 42.7. The summed E-state index contributed by atoms with van der Waals surface area (Å²) in [5, 5.41) is 119. The maximum absolute atomic E-state index is 13.2. The lowest BCUT2D eigenvalue weighted by atomic mass is 9.96. The molecule has 17 atom stereocenters. The number of hydrogen-bond donors (Lipinski definition) is 12. The smallest absolute Gasteiger partial charge is 0.220 e. The summed E-state index contributed by atoms with van der Waals surface area (Å²) < 4.78 is 34.0. The highest BCUT2D eigenvalue weighted by atomic mass is 16.8. The predicted molar refractivity (Wildman–Crippen MR) is 300 cm³/mol. The van der Waals surface area contributed by atoms with Crippen LogP contribution in [-0.4, -0.2) is 193 Å². The zero-order valence-corrected chi connectivity index (χ0v) is 47.1. The molecule has 3 heterocycles. The zero-order chi connectivity index (χ0) is 57.6. The van der Waals surface area contributed by atoms with Gasteiger partial charge in [0.05, 0.1) is 38.6 Å². The monoisotopic (exact) mass is 1120 g/mol. The predicted octanol–water partition coefficient (Wildman–Crippen LogP) is 4.81. The highest BCUT2D eigenvalue weighted by Gasteiger charge is 2.53. The molecular formula is C60H101NO18. The van der Waals surface area contributed by atoms with Gasteiger partial charge in [-0.25, -0.2) is 0 Å². The summed E-state index contributed by atoms with van der Waals surface area (Å²) >= 11 is 0. The fourth-order valence-corrected chi connectivity index (χ4v) is 9.37. The molecule has 79 heavy (non-hydrogen) atoms. The summed E-state index contributed by atoms with van der Waals surface area (Å²) in [7, 11) is 0. The van der Waals surface area contributed by atoms with Gasteiger partial charge in [-0.2, -0.15) is 0 Å². The van der Waals surface area contributed by atoms with Crippen molar-refractivity contribution in [1.82, 2.24) is 5.32 Å². The van der Waals surface area contributed by atoms with Crippen molar-refractivity contribution in [3.05, 3.63) is 85.1 Å². The normalized spacial score (nSPS) is 30.9. The Bertz CT molecular complexity index is 1770. The molecule has 0 aromatic rings. The quantitative estimate of drug-likeness (QED) is 0.0289. The molecule has 17 unspecified atom stereocenters. The molecule has 454 valence electrons. The Morgan fingerprint density at radius 3 is 1.37 bits per heavy atom. The summed E-state index contributed by atoms with van der Waals surface area (Å²) in [5.41, 5.74) is 0. The van der Waals surface area contributed by atoms with E-state index >= 15 is 0 Å². The summed E-state index contributed by atoms with van der Waals surface area (Å²) in [5.74, 6) is -0.293. The van der Waals surface area contributed by atoms with Gasteiger partial charge in [0.25, 0.3) is 0 Å². The van der Waals surface area contributed by atoms with Gasteiger partial charge in [-0.1, -0.05) is 163 Å². The molecule has 0 spiro atoms. The first-order valence-electron chi connectivity index (χ1n) is 29.3. The van der Waals surface area contributed by atoms with E-state index < -0.39 is 124 Å². The van der Waals surface area contributed by atoms with Gasteiger partial charge < -0.3 is 89.9 Å². The van der Waals surface area contributed by atoms with E-state index in [0.29, 0.717) is 6.42 Å². The number of allylic oxidation sites excluding steroid dienone is 13. The Hall–Kier alpha value is -3.03. The molecule has 0 radical (unpaired) electrons. The first-order valence-corrected chi connectivity index (χ1v) is 29.3. The van der Waals surface area contributed by atoms with Gasteiger partial charge in [0.2, 0.25) is 5.91 Å². The van der Waals surface area contributed by atoms with Gasteiger partial charge in [0.15, 0.2) is 18.9 Å². The number of hydrogen-bond acceptors (Lipinski definition) is 18. The highest BCUT2D eigenvalue weighted by molar-refractivity contribution is 5.76. The van der Waals surface area contributed by atoms with Crippen molar-refractivity contribution in [3.8, 4) is 0 Å². The fourth-order valence-electron chi connectivity index (χ4n) is 9.37. The van der Waals surface area contributed by atoms with E-state index in [-0.39, 0.29) is 18.9 Å². The number of unbranched alkanes of at least 4 members (excludes halogenated alkanes) is 13. The standard InChI is InChI=1S/C60H101NO18/c1-3-5-7-9-10-11-12-13-14-15-16-17-18-19-20-21-22-23-24-25-26-27-28-29-30-31-32-34-36-38-48(66)61-43(44(65)37-35-33-8-6-4-2)42-74-58-54(72)51(69)56(46(40-63)76-58)79-60-55(73)52(70)57(47(41-64)77-60)78-59-53(71)50(68)49(67)45(39-62)75-59/h5,7,10-11,13-14,16-17,19-20,22-23,35,37,43-47,49-60,62-65,67-73H,3-4,6,8-9,12,15,18,21,24-34,36,38-42H2,1-2H3,(H,61,66)/b7-5-,11-10-,14-13-,17-16-,20-19-,23-22-,37-35+. The van der Waals surface area contributed by atoms with Crippen LogP contribution >= 0.6 is 0 Å². The molecule has 0 aliphatic carbocycles. The molecule has 0 aromatic carbocycles. The Morgan fingerprint density at radius 1 is 0.468 bits per heavy atom. The Balaban J connectivity index is 1.36. The summed E-state index contributed by atoms with van der Waals surface area (Å²) in [6, 6.07) is -0.976. The second-order valence-electron chi connectivity index (χ2n) is 20.7. The van der Waals surface area contributed by atoms with Crippen LogP contribution in [0.15, 0.2) is 85.1 Å². The summed E-state index contributed by atoms with van der Waals surface area (Å²) in [4.78, 5) is 13.2. The van der Waals surface area contributed by atoms with Crippen molar-refractivity contribution in [2.75, 3.05) is 26.4 Å². The molecule has 0 saturated carbocycles. The van der Waals surface area contributed by atoms with Crippen LogP contribution in [0.4, 0.5) is 0 Å². The van der Waals surface area contributed by atoms with Crippen LogP contribution in [0.2, 0.25) is 0 Å². The molecule has 0 bridgehead atoms. The number of aliphatic hydroxyl groups excluding tert-OH is 11. The van der Waals surface area contributed by atoms with Crippen molar-refractivity contribution in [3.63, 3.8) is 0 Å². The minimum Gasteiger partial charge on any atom is -0.394 e. The minimum atomic E-state index is -1.98. The number of rotatable bonds is 41. The Labute approximate surface area is 470 Å². The average molecular weight is 1120 g/mol. The number of ether oxygens (including phenoxy) is 6. The molecule has 3 rings (SSSR count). The number of amides is 1. The molecule has 19 heteroatoms. The van der Waals surface area contributed by atoms with Gasteiger partial charge in [0, 0.05) is 6.42 Å². The Kier molecular flexibility index (Phi) is 38.0.